The molecule has 5 heteroatoms. The largest absolute Gasteiger partial charge is 0.478 e. The molecule has 3 nitrogen and oxygen atoms in total. The summed E-state index contributed by atoms with van der Waals surface area (Å²) < 4.78 is 14.4. The van der Waals surface area contributed by atoms with Crippen LogP contribution in [0.3, 0.4) is 0 Å². The molecule has 4 rings (SSSR count). The lowest BCUT2D eigenvalue weighted by molar-refractivity contribution is 0.0696. The van der Waals surface area contributed by atoms with Crippen molar-refractivity contribution in [1.29, 1.82) is 0 Å². The van der Waals surface area contributed by atoms with Crippen molar-refractivity contribution in [3.8, 4) is 0 Å². The summed E-state index contributed by atoms with van der Waals surface area (Å²) in [6.07, 6.45) is 4.95. The lowest BCUT2D eigenvalue weighted by atomic mass is 9.76. The Morgan fingerprint density at radius 3 is 2.88 bits per heavy atom. The lowest BCUT2D eigenvalue weighted by Crippen LogP contribution is -2.30. The van der Waals surface area contributed by atoms with Crippen molar-refractivity contribution in [1.82, 2.24) is 0 Å². The van der Waals surface area contributed by atoms with Crippen LogP contribution in [0.25, 0.3) is 0 Å². The van der Waals surface area contributed by atoms with Crippen LogP contribution in [-0.4, -0.2) is 11.1 Å². The Morgan fingerprint density at radius 1 is 1.29 bits per heavy atom. The second kappa shape index (κ2) is 5.64. The molecule has 0 aromatic heterocycles. The zero-order chi connectivity index (χ0) is 16.8. The van der Waals surface area contributed by atoms with Gasteiger partial charge in [-0.15, -0.1) is 0 Å². The second-order valence-electron chi connectivity index (χ2n) is 6.22. The standard InChI is InChI=1S/C19H15ClFNO2/c20-14-5-2-6-15(21)17(14)18-12-4-1-3-11(12)13-9-10(19(23)24)7-8-16(13)22-18/h1-3,5-9,11-12,18,22H,4H2,(H,23,24)/t11-,12+,18-/m0/s1. The number of anilines is 1. The van der Waals surface area contributed by atoms with Crippen molar-refractivity contribution < 1.29 is 14.3 Å². The number of allylic oxidation sites excluding steroid dienone is 2. The van der Waals surface area contributed by atoms with Crippen LogP contribution in [-0.2, 0) is 0 Å². The average molecular weight is 344 g/mol. The molecule has 2 aromatic carbocycles. The topological polar surface area (TPSA) is 49.3 Å². The number of fused-ring (bicyclic) bond motifs is 3. The molecule has 3 atom stereocenters. The highest BCUT2D eigenvalue weighted by Crippen LogP contribution is 2.51. The summed E-state index contributed by atoms with van der Waals surface area (Å²) in [5, 5.41) is 13.0. The van der Waals surface area contributed by atoms with Crippen molar-refractivity contribution in [3.63, 3.8) is 0 Å². The Labute approximate surface area is 143 Å². The number of hydrogen-bond acceptors (Lipinski definition) is 2. The summed E-state index contributed by atoms with van der Waals surface area (Å²) in [5.41, 5.74) is 2.51. The van der Waals surface area contributed by atoms with Gasteiger partial charge >= 0.3 is 5.97 Å². The van der Waals surface area contributed by atoms with Gasteiger partial charge in [0.1, 0.15) is 5.82 Å². The van der Waals surface area contributed by atoms with Gasteiger partial charge in [0.15, 0.2) is 0 Å². The molecule has 0 saturated carbocycles. The van der Waals surface area contributed by atoms with E-state index in [2.05, 4.69) is 17.5 Å². The van der Waals surface area contributed by atoms with Crippen LogP contribution < -0.4 is 5.32 Å². The summed E-state index contributed by atoms with van der Waals surface area (Å²) in [6, 6.07) is 9.49. The molecule has 0 spiro atoms. The van der Waals surface area contributed by atoms with E-state index in [0.29, 0.717) is 10.6 Å². The van der Waals surface area contributed by atoms with E-state index in [1.807, 2.05) is 0 Å². The third-order valence-electron chi connectivity index (χ3n) is 4.92. The van der Waals surface area contributed by atoms with Crippen LogP contribution in [0.4, 0.5) is 10.1 Å². The van der Waals surface area contributed by atoms with Crippen LogP contribution in [0.2, 0.25) is 5.02 Å². The van der Waals surface area contributed by atoms with Crippen molar-refractivity contribution in [3.05, 3.63) is 76.1 Å². The molecule has 2 N–H and O–H groups in total. The third kappa shape index (κ3) is 2.29. The maximum absolute atomic E-state index is 14.4. The van der Waals surface area contributed by atoms with Crippen molar-refractivity contribution in [2.45, 2.75) is 18.4 Å². The number of carboxylic acid groups (broad SMARTS) is 1. The van der Waals surface area contributed by atoms with E-state index in [9.17, 15) is 14.3 Å². The van der Waals surface area contributed by atoms with E-state index in [4.69, 9.17) is 11.6 Å². The van der Waals surface area contributed by atoms with E-state index in [0.717, 1.165) is 17.7 Å². The molecule has 0 saturated heterocycles. The monoisotopic (exact) mass is 343 g/mol. The molecule has 0 bridgehead atoms. The number of rotatable bonds is 2. The summed E-state index contributed by atoms with van der Waals surface area (Å²) in [7, 11) is 0. The quantitative estimate of drug-likeness (QED) is 0.754. The van der Waals surface area contributed by atoms with Crippen molar-refractivity contribution in [2.75, 3.05) is 5.32 Å². The molecule has 0 radical (unpaired) electrons. The average Bonchev–Trinajstić information content (AvgIpc) is 3.04. The highest BCUT2D eigenvalue weighted by molar-refractivity contribution is 6.31. The number of carbonyl (C=O) groups is 1. The summed E-state index contributed by atoms with van der Waals surface area (Å²) in [5.74, 6) is -1.11. The molecule has 2 aliphatic rings. The fourth-order valence-corrected chi connectivity index (χ4v) is 4.10. The highest BCUT2D eigenvalue weighted by Gasteiger charge is 2.39. The van der Waals surface area contributed by atoms with Crippen molar-refractivity contribution in [2.24, 2.45) is 5.92 Å². The van der Waals surface area contributed by atoms with Crippen molar-refractivity contribution >= 4 is 23.3 Å². The minimum Gasteiger partial charge on any atom is -0.478 e. The van der Waals surface area contributed by atoms with Gasteiger partial charge in [-0.2, -0.15) is 0 Å². The Morgan fingerprint density at radius 2 is 2.12 bits per heavy atom. The fourth-order valence-electron chi connectivity index (χ4n) is 3.82. The summed E-state index contributed by atoms with van der Waals surface area (Å²) >= 11 is 6.27. The third-order valence-corrected chi connectivity index (χ3v) is 5.25. The molecule has 0 unspecified atom stereocenters. The molecular weight excluding hydrogens is 329 g/mol. The van der Waals surface area contributed by atoms with Gasteiger partial charge in [0.05, 0.1) is 11.6 Å². The van der Waals surface area contributed by atoms with Gasteiger partial charge in [0.25, 0.3) is 0 Å². The van der Waals surface area contributed by atoms with Crippen LogP contribution in [0, 0.1) is 11.7 Å². The van der Waals surface area contributed by atoms with E-state index in [-0.39, 0.29) is 29.3 Å². The lowest BCUT2D eigenvalue weighted by Gasteiger charge is -2.38. The Balaban J connectivity index is 1.83. The first-order valence-electron chi connectivity index (χ1n) is 7.80. The van der Waals surface area contributed by atoms with Gasteiger partial charge < -0.3 is 10.4 Å². The van der Waals surface area contributed by atoms with Gasteiger partial charge in [0.2, 0.25) is 0 Å². The smallest absolute Gasteiger partial charge is 0.335 e. The van der Waals surface area contributed by atoms with Gasteiger partial charge in [-0.1, -0.05) is 29.8 Å². The number of benzene rings is 2. The SMILES string of the molecule is O=C(O)c1ccc2c(c1)[C@H]1C=CC[C@H]1[C@@H](c1c(F)cccc1Cl)N2. The molecule has 0 fully saturated rings. The normalized spacial score (nSPS) is 24.2. The molecule has 0 amide bonds. The first kappa shape index (κ1) is 15.2. The van der Waals surface area contributed by atoms with Crippen LogP contribution >= 0.6 is 11.6 Å². The minimum atomic E-state index is -0.949. The molecule has 1 aliphatic heterocycles. The predicted molar refractivity (Wildman–Crippen MR) is 91.2 cm³/mol. The Kier molecular flexibility index (Phi) is 3.57. The predicted octanol–water partition coefficient (Wildman–Crippen LogP) is 5.00. The van der Waals surface area contributed by atoms with E-state index >= 15 is 0 Å². The van der Waals surface area contributed by atoms with E-state index < -0.39 is 5.97 Å². The highest BCUT2D eigenvalue weighted by atomic mass is 35.5. The maximum Gasteiger partial charge on any atom is 0.335 e. The van der Waals surface area contributed by atoms with Gasteiger partial charge in [-0.05, 0) is 48.2 Å². The van der Waals surface area contributed by atoms with Gasteiger partial charge in [-0.25, -0.2) is 9.18 Å². The van der Waals surface area contributed by atoms with Crippen LogP contribution in [0.1, 0.15) is 39.9 Å². The Bertz CT molecular complexity index is 844. The van der Waals surface area contributed by atoms with Gasteiger partial charge in [0, 0.05) is 22.2 Å². The molecule has 24 heavy (non-hydrogen) atoms. The second-order valence-corrected chi connectivity index (χ2v) is 6.63. The minimum absolute atomic E-state index is 0.0567. The first-order chi connectivity index (χ1) is 11.6. The zero-order valence-corrected chi connectivity index (χ0v) is 13.4. The maximum atomic E-state index is 14.4. The molecular formula is C19H15ClFNO2. The summed E-state index contributed by atoms with van der Waals surface area (Å²) in [4.78, 5) is 11.2. The molecule has 122 valence electrons. The van der Waals surface area contributed by atoms with Gasteiger partial charge in [-0.3, -0.25) is 0 Å². The first-order valence-corrected chi connectivity index (χ1v) is 8.18. The molecule has 1 heterocycles. The van der Waals surface area contributed by atoms with Crippen LogP contribution in [0.5, 0.6) is 0 Å². The fraction of sp³-hybridized carbons (Fsp3) is 0.211. The number of hydrogen-bond donors (Lipinski definition) is 2. The van der Waals surface area contributed by atoms with E-state index in [1.54, 1.807) is 30.3 Å². The number of halogens is 2. The van der Waals surface area contributed by atoms with E-state index in [1.165, 1.54) is 6.07 Å². The number of carboxylic acids is 1. The summed E-state index contributed by atoms with van der Waals surface area (Å²) in [6.45, 7) is 0. The zero-order valence-electron chi connectivity index (χ0n) is 12.7. The molecule has 2 aromatic rings. The van der Waals surface area contributed by atoms with Crippen LogP contribution in [0.15, 0.2) is 48.6 Å². The number of nitrogens with one attached hydrogen (secondary N) is 1. The molecule has 1 aliphatic carbocycles. The Hall–Kier alpha value is -2.33. The number of aromatic carboxylic acids is 1.